The SMILES string of the molecule is COC(=O)c1ccc(COCc2ccc(S(C)(=O)=O)s2)s1. The number of thiophene rings is 2. The van der Waals surface area contributed by atoms with Gasteiger partial charge in [0, 0.05) is 16.0 Å². The fraction of sp³-hybridized carbons (Fsp3) is 0.308. The lowest BCUT2D eigenvalue weighted by Gasteiger charge is -2.00. The van der Waals surface area contributed by atoms with Gasteiger partial charge in [0.15, 0.2) is 9.84 Å². The summed E-state index contributed by atoms with van der Waals surface area (Å²) in [6.45, 7) is 0.708. The van der Waals surface area contributed by atoms with Crippen molar-refractivity contribution in [2.75, 3.05) is 13.4 Å². The first kappa shape index (κ1) is 16.2. The molecular formula is C13H14O5S3. The first-order chi connectivity index (χ1) is 9.90. The summed E-state index contributed by atoms with van der Waals surface area (Å²) < 4.78 is 33.2. The third-order valence-electron chi connectivity index (χ3n) is 2.54. The molecule has 21 heavy (non-hydrogen) atoms. The second kappa shape index (κ2) is 6.69. The van der Waals surface area contributed by atoms with Crippen LogP contribution in [-0.4, -0.2) is 27.8 Å². The maximum atomic E-state index is 11.4. The molecule has 5 nitrogen and oxygen atoms in total. The molecule has 114 valence electrons. The Morgan fingerprint density at radius 1 is 1.10 bits per heavy atom. The predicted molar refractivity (Wildman–Crippen MR) is 81.6 cm³/mol. The summed E-state index contributed by atoms with van der Waals surface area (Å²) in [6.07, 6.45) is 1.18. The van der Waals surface area contributed by atoms with Gasteiger partial charge in [-0.1, -0.05) is 0 Å². The predicted octanol–water partition coefficient (Wildman–Crippen LogP) is 2.72. The largest absolute Gasteiger partial charge is 0.465 e. The van der Waals surface area contributed by atoms with E-state index in [0.717, 1.165) is 9.75 Å². The van der Waals surface area contributed by atoms with E-state index in [1.54, 1.807) is 18.2 Å². The molecule has 0 aromatic carbocycles. The molecule has 0 unspecified atom stereocenters. The molecule has 2 aromatic rings. The smallest absolute Gasteiger partial charge is 0.348 e. The summed E-state index contributed by atoms with van der Waals surface area (Å²) in [5.41, 5.74) is 0. The zero-order valence-corrected chi connectivity index (χ0v) is 13.9. The van der Waals surface area contributed by atoms with Crippen molar-refractivity contribution in [3.05, 3.63) is 38.9 Å². The summed E-state index contributed by atoms with van der Waals surface area (Å²) >= 11 is 2.52. The topological polar surface area (TPSA) is 69.7 Å². The maximum absolute atomic E-state index is 11.4. The second-order valence-electron chi connectivity index (χ2n) is 4.24. The van der Waals surface area contributed by atoms with E-state index in [0.29, 0.717) is 22.3 Å². The number of carbonyl (C=O) groups excluding carboxylic acids is 1. The monoisotopic (exact) mass is 346 g/mol. The van der Waals surface area contributed by atoms with Crippen molar-refractivity contribution in [1.82, 2.24) is 0 Å². The molecule has 0 amide bonds. The minimum Gasteiger partial charge on any atom is -0.465 e. The third-order valence-corrected chi connectivity index (χ3v) is 6.46. The lowest BCUT2D eigenvalue weighted by atomic mass is 10.4. The average molecular weight is 346 g/mol. The number of carbonyl (C=O) groups is 1. The van der Waals surface area contributed by atoms with Crippen molar-refractivity contribution in [2.45, 2.75) is 17.4 Å². The number of hydrogen-bond acceptors (Lipinski definition) is 7. The lowest BCUT2D eigenvalue weighted by molar-refractivity contribution is 0.0606. The highest BCUT2D eigenvalue weighted by atomic mass is 32.2. The van der Waals surface area contributed by atoms with Crippen LogP contribution in [-0.2, 0) is 32.5 Å². The molecule has 0 aliphatic rings. The van der Waals surface area contributed by atoms with E-state index >= 15 is 0 Å². The van der Waals surface area contributed by atoms with E-state index in [9.17, 15) is 13.2 Å². The fourth-order valence-corrected chi connectivity index (χ4v) is 4.33. The molecule has 0 saturated carbocycles. The first-order valence-electron chi connectivity index (χ1n) is 5.93. The van der Waals surface area contributed by atoms with Crippen molar-refractivity contribution in [2.24, 2.45) is 0 Å². The van der Waals surface area contributed by atoms with Crippen LogP contribution in [0.5, 0.6) is 0 Å². The Morgan fingerprint density at radius 2 is 1.71 bits per heavy atom. The van der Waals surface area contributed by atoms with Crippen LogP contribution in [0.4, 0.5) is 0 Å². The molecule has 2 heterocycles. The zero-order valence-electron chi connectivity index (χ0n) is 11.5. The van der Waals surface area contributed by atoms with Gasteiger partial charge in [0.05, 0.1) is 20.3 Å². The van der Waals surface area contributed by atoms with Crippen molar-refractivity contribution >= 4 is 38.5 Å². The number of rotatable bonds is 6. The molecule has 0 saturated heterocycles. The molecule has 0 aliphatic carbocycles. The second-order valence-corrected chi connectivity index (χ2v) is 8.82. The minimum absolute atomic E-state index is 0.338. The zero-order chi connectivity index (χ0) is 15.5. The van der Waals surface area contributed by atoms with Gasteiger partial charge in [-0.05, 0) is 24.3 Å². The maximum Gasteiger partial charge on any atom is 0.348 e. The van der Waals surface area contributed by atoms with Gasteiger partial charge in [-0.25, -0.2) is 13.2 Å². The van der Waals surface area contributed by atoms with Gasteiger partial charge in [-0.3, -0.25) is 0 Å². The van der Waals surface area contributed by atoms with E-state index in [2.05, 4.69) is 4.74 Å². The Morgan fingerprint density at radius 3 is 2.29 bits per heavy atom. The highest BCUT2D eigenvalue weighted by molar-refractivity contribution is 7.92. The normalized spacial score (nSPS) is 11.5. The summed E-state index contributed by atoms with van der Waals surface area (Å²) in [4.78, 5) is 13.6. The van der Waals surface area contributed by atoms with Gasteiger partial charge >= 0.3 is 5.97 Å². The van der Waals surface area contributed by atoms with E-state index < -0.39 is 9.84 Å². The van der Waals surface area contributed by atoms with Crippen molar-refractivity contribution in [3.8, 4) is 0 Å². The summed E-state index contributed by atoms with van der Waals surface area (Å²) in [7, 11) is -1.81. The highest BCUT2D eigenvalue weighted by Gasteiger charge is 2.11. The van der Waals surface area contributed by atoms with Crippen LogP contribution >= 0.6 is 22.7 Å². The van der Waals surface area contributed by atoms with Gasteiger partial charge < -0.3 is 9.47 Å². The Balaban J connectivity index is 1.88. The Bertz CT molecular complexity index is 727. The highest BCUT2D eigenvalue weighted by Crippen LogP contribution is 2.23. The lowest BCUT2D eigenvalue weighted by Crippen LogP contribution is -1.96. The van der Waals surface area contributed by atoms with Crippen LogP contribution in [0.3, 0.4) is 0 Å². The van der Waals surface area contributed by atoms with E-state index in [1.807, 2.05) is 6.07 Å². The van der Waals surface area contributed by atoms with Gasteiger partial charge in [0.25, 0.3) is 0 Å². The van der Waals surface area contributed by atoms with Crippen LogP contribution < -0.4 is 0 Å². The average Bonchev–Trinajstić information content (AvgIpc) is 3.06. The molecule has 0 fully saturated rings. The fourth-order valence-electron chi connectivity index (χ4n) is 1.55. The van der Waals surface area contributed by atoms with Crippen LogP contribution in [0, 0.1) is 0 Å². The molecule has 0 radical (unpaired) electrons. The molecule has 8 heteroatoms. The van der Waals surface area contributed by atoms with Crippen molar-refractivity contribution < 1.29 is 22.7 Å². The van der Waals surface area contributed by atoms with E-state index in [-0.39, 0.29) is 5.97 Å². The number of sulfone groups is 1. The number of hydrogen-bond donors (Lipinski definition) is 0. The summed E-state index contributed by atoms with van der Waals surface area (Å²) in [6, 6.07) is 6.84. The first-order valence-corrected chi connectivity index (χ1v) is 9.46. The number of methoxy groups -OCH3 is 1. The molecule has 0 bridgehead atoms. The quantitative estimate of drug-likeness (QED) is 0.752. The molecule has 2 aromatic heterocycles. The van der Waals surface area contributed by atoms with Gasteiger partial charge in [-0.15, -0.1) is 22.7 Å². The molecular weight excluding hydrogens is 332 g/mol. The van der Waals surface area contributed by atoms with Crippen LogP contribution in [0.25, 0.3) is 0 Å². The standard InChI is InChI=1S/C13H14O5S3/c1-17-13(14)11-5-3-9(19-11)7-18-8-10-4-6-12(20-10)21(2,15)16/h3-6H,7-8H2,1-2H3. The Kier molecular flexibility index (Phi) is 5.15. The van der Waals surface area contributed by atoms with Gasteiger partial charge in [0.1, 0.15) is 9.09 Å². The van der Waals surface area contributed by atoms with Crippen molar-refractivity contribution in [1.29, 1.82) is 0 Å². The number of ether oxygens (including phenoxy) is 2. The van der Waals surface area contributed by atoms with Gasteiger partial charge in [-0.2, -0.15) is 0 Å². The molecule has 0 spiro atoms. The van der Waals surface area contributed by atoms with Crippen LogP contribution in [0.2, 0.25) is 0 Å². The Hall–Kier alpha value is -1.22. The minimum atomic E-state index is -3.15. The molecule has 2 rings (SSSR count). The summed E-state index contributed by atoms with van der Waals surface area (Å²) in [5.74, 6) is -0.359. The Labute approximate surface area is 131 Å². The van der Waals surface area contributed by atoms with Crippen LogP contribution in [0.15, 0.2) is 28.5 Å². The number of esters is 1. The van der Waals surface area contributed by atoms with Crippen molar-refractivity contribution in [3.63, 3.8) is 0 Å². The third kappa shape index (κ3) is 4.37. The summed E-state index contributed by atoms with van der Waals surface area (Å²) in [5, 5.41) is 0. The van der Waals surface area contributed by atoms with E-state index in [1.165, 1.54) is 36.0 Å². The molecule has 0 atom stereocenters. The molecule has 0 N–H and O–H groups in total. The van der Waals surface area contributed by atoms with Gasteiger partial charge in [0.2, 0.25) is 0 Å². The van der Waals surface area contributed by atoms with Crippen LogP contribution in [0.1, 0.15) is 19.4 Å². The molecule has 0 aliphatic heterocycles. The van der Waals surface area contributed by atoms with E-state index in [4.69, 9.17) is 4.74 Å².